The first-order valence-corrected chi connectivity index (χ1v) is 24.6. The van der Waals surface area contributed by atoms with Crippen LogP contribution in [0.4, 0.5) is 11.5 Å². The van der Waals surface area contributed by atoms with Crippen LogP contribution < -0.4 is 26.6 Å². The van der Waals surface area contributed by atoms with Crippen LogP contribution in [-0.2, 0) is 27.5 Å². The molecule has 1 aliphatic carbocycles. The number of anilines is 2. The zero-order valence-electron chi connectivity index (χ0n) is 38.2. The standard InChI is InChI=1S/C51H60N10O5S/c1-50(52)20-23-60(24-21-50)43-29-55-46(30-54-43)67-39-8-6-7-38(26-39)57-44(62)9-4-2-3-5-22-59-32-51(33-59)18-16-35(17-19-51)36-11-13-41(53-28-36)47(64)56-27-34-10-12-40-37(25-34)31-61(49(40)66)42-14-15-45(63)58-48(42)65/h6-8,10-13,16,25-26,28-30,42H,2-5,9,14-15,17-24,27,31-33,52H2,1H3,(H,56,64)(H,57,62)(H,58,63,65). The average molecular weight is 925 g/mol. The highest BCUT2D eigenvalue weighted by molar-refractivity contribution is 7.99. The van der Waals surface area contributed by atoms with E-state index in [-0.39, 0.29) is 48.7 Å². The van der Waals surface area contributed by atoms with Gasteiger partial charge in [-0.05, 0) is 123 Å². The fourth-order valence-corrected chi connectivity index (χ4v) is 10.8. The number of pyridine rings is 1. The summed E-state index contributed by atoms with van der Waals surface area (Å²) in [6.07, 6.45) is 18.0. The number of allylic oxidation sites excluding steroid dienone is 2. The van der Waals surface area contributed by atoms with Gasteiger partial charge in [0.1, 0.15) is 22.6 Å². The van der Waals surface area contributed by atoms with Crippen molar-refractivity contribution in [3.8, 4) is 0 Å². The molecule has 2 aromatic carbocycles. The van der Waals surface area contributed by atoms with E-state index in [4.69, 9.17) is 5.73 Å². The second kappa shape index (κ2) is 20.1. The number of rotatable bonds is 16. The predicted molar refractivity (Wildman–Crippen MR) is 257 cm³/mol. The molecular formula is C51H60N10O5S. The Kier molecular flexibility index (Phi) is 13.8. The van der Waals surface area contributed by atoms with E-state index in [9.17, 15) is 24.0 Å². The number of nitrogens with zero attached hydrogens (tertiary/aromatic N) is 6. The van der Waals surface area contributed by atoms with Crippen molar-refractivity contribution in [1.82, 2.24) is 35.4 Å². The van der Waals surface area contributed by atoms with E-state index in [1.165, 1.54) is 22.2 Å². The average Bonchev–Trinajstić information content (AvgIpc) is 3.63. The van der Waals surface area contributed by atoms with Gasteiger partial charge in [0.2, 0.25) is 17.7 Å². The third-order valence-electron chi connectivity index (χ3n) is 14.0. The minimum Gasteiger partial charge on any atom is -0.355 e. The Morgan fingerprint density at radius 2 is 1.75 bits per heavy atom. The summed E-state index contributed by atoms with van der Waals surface area (Å²) in [5.74, 6) is -0.331. The van der Waals surface area contributed by atoms with Gasteiger partial charge in [0.25, 0.3) is 11.8 Å². The maximum absolute atomic E-state index is 13.0. The van der Waals surface area contributed by atoms with Crippen LogP contribution in [0.5, 0.6) is 0 Å². The third kappa shape index (κ3) is 11.3. The largest absolute Gasteiger partial charge is 0.355 e. The van der Waals surface area contributed by atoms with Gasteiger partial charge in [-0.3, -0.25) is 34.3 Å². The SMILES string of the molecule is CC1(N)CCN(c2cnc(Sc3cccc(NC(=O)CCCCCCN4CC5(CC=C(c6ccc(C(=O)NCc7ccc8c(c7)CN(C7CCC(=O)NC7=O)C8=O)nc6)CC5)C4)c3)cn2)CC1. The Balaban J connectivity index is 0.637. The van der Waals surface area contributed by atoms with Crippen LogP contribution in [0.2, 0.25) is 0 Å². The Morgan fingerprint density at radius 1 is 0.910 bits per heavy atom. The molecule has 67 heavy (non-hydrogen) atoms. The molecule has 350 valence electrons. The van der Waals surface area contributed by atoms with Crippen LogP contribution in [0.15, 0.2) is 89.2 Å². The number of likely N-dealkylation sites (tertiary alicyclic amines) is 1. The highest BCUT2D eigenvalue weighted by Gasteiger charge is 2.43. The third-order valence-corrected chi connectivity index (χ3v) is 15.0. The molecule has 1 spiro atoms. The van der Waals surface area contributed by atoms with Crippen molar-refractivity contribution in [2.75, 3.05) is 42.9 Å². The minimum atomic E-state index is -0.666. The molecule has 0 radical (unpaired) electrons. The second-order valence-corrected chi connectivity index (χ2v) is 20.4. The van der Waals surface area contributed by atoms with Gasteiger partial charge in [-0.25, -0.2) is 9.97 Å². The van der Waals surface area contributed by atoms with Gasteiger partial charge in [-0.1, -0.05) is 54.9 Å². The van der Waals surface area contributed by atoms with E-state index in [0.717, 1.165) is 129 Å². The molecule has 1 atom stereocenters. The molecule has 16 heteroatoms. The first-order valence-electron chi connectivity index (χ1n) is 23.7. The quantitative estimate of drug-likeness (QED) is 0.0706. The highest BCUT2D eigenvalue weighted by Crippen LogP contribution is 2.45. The number of imide groups is 1. The van der Waals surface area contributed by atoms with Crippen molar-refractivity contribution in [3.05, 3.63) is 107 Å². The number of hydrogen-bond donors (Lipinski definition) is 4. The first-order chi connectivity index (χ1) is 32.4. The topological polar surface area (TPSA) is 196 Å². The summed E-state index contributed by atoms with van der Waals surface area (Å²) in [5, 5.41) is 9.16. The predicted octanol–water partition coefficient (Wildman–Crippen LogP) is 6.49. The number of nitrogens with one attached hydrogen (secondary N) is 3. The summed E-state index contributed by atoms with van der Waals surface area (Å²) in [7, 11) is 0. The molecule has 6 heterocycles. The van der Waals surface area contributed by atoms with Crippen LogP contribution in [-0.4, -0.2) is 98.6 Å². The number of carbonyl (C=O) groups excluding carboxylic acids is 5. The van der Waals surface area contributed by atoms with Crippen LogP contribution in [0.1, 0.15) is 122 Å². The Hall–Kier alpha value is -5.97. The molecule has 0 saturated carbocycles. The summed E-state index contributed by atoms with van der Waals surface area (Å²) in [6, 6.07) is 16.4. The molecule has 2 aromatic heterocycles. The number of nitrogens with two attached hydrogens (primary N) is 1. The zero-order valence-corrected chi connectivity index (χ0v) is 39.0. The van der Waals surface area contributed by atoms with E-state index < -0.39 is 11.9 Å². The van der Waals surface area contributed by atoms with Crippen molar-refractivity contribution in [2.45, 2.75) is 119 Å². The summed E-state index contributed by atoms with van der Waals surface area (Å²) in [5.41, 5.74) is 12.2. The molecule has 15 nitrogen and oxygen atoms in total. The summed E-state index contributed by atoms with van der Waals surface area (Å²) >= 11 is 1.53. The Bertz CT molecular complexity index is 2530. The number of carbonyl (C=O) groups is 5. The van der Waals surface area contributed by atoms with Crippen molar-refractivity contribution in [2.24, 2.45) is 11.1 Å². The van der Waals surface area contributed by atoms with Crippen LogP contribution in [0.25, 0.3) is 5.57 Å². The molecule has 4 aromatic rings. The highest BCUT2D eigenvalue weighted by atomic mass is 32.2. The van der Waals surface area contributed by atoms with Crippen molar-refractivity contribution >= 4 is 58.4 Å². The van der Waals surface area contributed by atoms with Crippen molar-refractivity contribution in [1.29, 1.82) is 0 Å². The number of aromatic nitrogens is 3. The number of unbranched alkanes of at least 4 members (excludes halogenated alkanes) is 3. The second-order valence-electron chi connectivity index (χ2n) is 19.3. The Labute approximate surface area is 396 Å². The molecule has 3 saturated heterocycles. The van der Waals surface area contributed by atoms with Gasteiger partial charge in [0, 0.05) is 80.0 Å². The van der Waals surface area contributed by atoms with E-state index >= 15 is 0 Å². The molecule has 9 rings (SSSR count). The van der Waals surface area contributed by atoms with Gasteiger partial charge < -0.3 is 31.1 Å². The number of piperidine rings is 2. The smallest absolute Gasteiger partial charge is 0.270 e. The number of fused-ring (bicyclic) bond motifs is 1. The van der Waals surface area contributed by atoms with Gasteiger partial charge in [-0.15, -0.1) is 0 Å². The molecule has 0 bridgehead atoms. The number of amides is 5. The van der Waals surface area contributed by atoms with Gasteiger partial charge in [0.05, 0.1) is 12.4 Å². The van der Waals surface area contributed by atoms with Crippen LogP contribution >= 0.6 is 11.8 Å². The molecule has 1 unspecified atom stereocenters. The van der Waals surface area contributed by atoms with Crippen molar-refractivity contribution < 1.29 is 24.0 Å². The van der Waals surface area contributed by atoms with Crippen molar-refractivity contribution in [3.63, 3.8) is 0 Å². The number of hydrogen-bond acceptors (Lipinski definition) is 12. The first kappa shape index (κ1) is 46.2. The summed E-state index contributed by atoms with van der Waals surface area (Å²) in [6.45, 7) is 7.77. The van der Waals surface area contributed by atoms with Crippen LogP contribution in [0.3, 0.4) is 0 Å². The van der Waals surface area contributed by atoms with Gasteiger partial charge in [0.15, 0.2) is 0 Å². The molecule has 3 fully saturated rings. The summed E-state index contributed by atoms with van der Waals surface area (Å²) < 4.78 is 0. The molecule has 5 N–H and O–H groups in total. The van der Waals surface area contributed by atoms with E-state index in [0.29, 0.717) is 29.5 Å². The maximum atomic E-state index is 13.0. The lowest BCUT2D eigenvalue weighted by atomic mass is 9.69. The maximum Gasteiger partial charge on any atom is 0.270 e. The molecular weight excluding hydrogens is 865 g/mol. The monoisotopic (exact) mass is 924 g/mol. The fourth-order valence-electron chi connectivity index (χ4n) is 10.0. The minimum absolute atomic E-state index is 0.0421. The molecule has 5 aliphatic rings. The van der Waals surface area contributed by atoms with Gasteiger partial charge >= 0.3 is 0 Å². The lowest BCUT2D eigenvalue weighted by Gasteiger charge is -2.52. The fraction of sp³-hybridized carbons (Fsp3) is 0.451. The lowest BCUT2D eigenvalue weighted by molar-refractivity contribution is -0.137. The van der Waals surface area contributed by atoms with E-state index in [1.54, 1.807) is 18.3 Å². The zero-order chi connectivity index (χ0) is 46.5. The van der Waals surface area contributed by atoms with Crippen LogP contribution in [0, 0.1) is 5.41 Å². The normalized spacial score (nSPS) is 19.9. The molecule has 4 aliphatic heterocycles. The Morgan fingerprint density at radius 3 is 2.49 bits per heavy atom. The summed E-state index contributed by atoms with van der Waals surface area (Å²) in [4.78, 5) is 83.9. The van der Waals surface area contributed by atoms with E-state index in [2.05, 4.69) is 53.7 Å². The van der Waals surface area contributed by atoms with E-state index in [1.807, 2.05) is 54.9 Å². The molecule has 5 amide bonds. The number of benzene rings is 2. The lowest BCUT2D eigenvalue weighted by Crippen LogP contribution is -2.56. The van der Waals surface area contributed by atoms with Gasteiger partial charge in [-0.2, -0.15) is 0 Å².